The van der Waals surface area contributed by atoms with Crippen LogP contribution in [0, 0.1) is 11.3 Å². The average molecular weight is 172 g/mol. The predicted molar refractivity (Wildman–Crippen MR) is 46.9 cm³/mol. The lowest BCUT2D eigenvalue weighted by molar-refractivity contribution is 0.0800. The Hall–Kier alpha value is -1.82. The third-order valence-corrected chi connectivity index (χ3v) is 2.32. The zero-order chi connectivity index (χ0) is 9.42. The summed E-state index contributed by atoms with van der Waals surface area (Å²) >= 11 is 0. The largest absolute Gasteiger partial charge is 0.322 e. The van der Waals surface area contributed by atoms with Crippen molar-refractivity contribution in [2.45, 2.75) is 6.04 Å². The number of nitrogens with zero attached hydrogens (tertiary/aromatic N) is 2. The Morgan fingerprint density at radius 2 is 2.15 bits per heavy atom. The molecule has 2 rings (SSSR count). The Labute approximate surface area is 76.2 Å². The van der Waals surface area contributed by atoms with Crippen LogP contribution in [0.25, 0.3) is 0 Å². The fourth-order valence-corrected chi connectivity index (χ4v) is 1.60. The summed E-state index contributed by atoms with van der Waals surface area (Å²) in [6.07, 6.45) is 0. The van der Waals surface area contributed by atoms with Crippen molar-refractivity contribution < 1.29 is 4.79 Å². The van der Waals surface area contributed by atoms with Gasteiger partial charge in [0, 0.05) is 18.2 Å². The molecular formula is C10H8N2O. The van der Waals surface area contributed by atoms with Crippen molar-refractivity contribution in [3.8, 4) is 6.07 Å². The smallest absolute Gasteiger partial charge is 0.255 e. The van der Waals surface area contributed by atoms with Crippen molar-refractivity contribution in [1.82, 2.24) is 4.90 Å². The van der Waals surface area contributed by atoms with Crippen LogP contribution in [0.5, 0.6) is 0 Å². The van der Waals surface area contributed by atoms with Gasteiger partial charge >= 0.3 is 0 Å². The molecule has 0 aromatic heterocycles. The van der Waals surface area contributed by atoms with Crippen LogP contribution in [0.4, 0.5) is 0 Å². The van der Waals surface area contributed by atoms with Gasteiger partial charge in [0.15, 0.2) is 0 Å². The van der Waals surface area contributed by atoms with E-state index in [0.29, 0.717) is 5.56 Å². The molecule has 13 heavy (non-hydrogen) atoms. The zero-order valence-corrected chi connectivity index (χ0v) is 7.19. The summed E-state index contributed by atoms with van der Waals surface area (Å²) in [6, 6.07) is 8.92. The van der Waals surface area contributed by atoms with Gasteiger partial charge in [-0.2, -0.15) is 5.26 Å². The van der Waals surface area contributed by atoms with E-state index >= 15 is 0 Å². The first kappa shape index (κ1) is 7.81. The van der Waals surface area contributed by atoms with Crippen LogP contribution < -0.4 is 0 Å². The van der Waals surface area contributed by atoms with E-state index in [-0.39, 0.29) is 5.91 Å². The van der Waals surface area contributed by atoms with Crippen LogP contribution in [-0.4, -0.2) is 17.9 Å². The molecule has 0 fully saturated rings. The molecule has 3 nitrogen and oxygen atoms in total. The molecule has 1 heterocycles. The Kier molecular flexibility index (Phi) is 1.56. The standard InChI is InChI=1S/C10H8N2O/c1-12-9(6-11)7-4-2-3-5-8(7)10(12)13/h2-5,9H,1H3. The Balaban J connectivity index is 2.62. The minimum Gasteiger partial charge on any atom is -0.322 e. The summed E-state index contributed by atoms with van der Waals surface area (Å²) in [5.41, 5.74) is 1.47. The van der Waals surface area contributed by atoms with Crippen molar-refractivity contribution in [2.75, 3.05) is 7.05 Å². The second-order valence-corrected chi connectivity index (χ2v) is 3.03. The number of hydrogen-bond acceptors (Lipinski definition) is 2. The molecule has 1 aliphatic rings. The average Bonchev–Trinajstić information content (AvgIpc) is 2.41. The zero-order valence-electron chi connectivity index (χ0n) is 7.19. The maximum absolute atomic E-state index is 11.5. The molecule has 0 aliphatic carbocycles. The maximum Gasteiger partial charge on any atom is 0.255 e. The lowest BCUT2D eigenvalue weighted by Crippen LogP contribution is -2.21. The van der Waals surface area contributed by atoms with Gasteiger partial charge in [-0.1, -0.05) is 18.2 Å². The first-order chi connectivity index (χ1) is 6.25. The van der Waals surface area contributed by atoms with E-state index in [4.69, 9.17) is 5.26 Å². The number of amides is 1. The molecule has 1 aromatic rings. The summed E-state index contributed by atoms with van der Waals surface area (Å²) in [5, 5.41) is 8.86. The third kappa shape index (κ3) is 0.922. The molecule has 0 saturated heterocycles. The first-order valence-corrected chi connectivity index (χ1v) is 4.01. The van der Waals surface area contributed by atoms with Gasteiger partial charge in [-0.15, -0.1) is 0 Å². The highest BCUT2D eigenvalue weighted by Gasteiger charge is 2.33. The molecule has 1 atom stereocenters. The highest BCUT2D eigenvalue weighted by molar-refractivity contribution is 5.99. The molecule has 1 amide bonds. The summed E-state index contributed by atoms with van der Waals surface area (Å²) in [5.74, 6) is -0.0675. The van der Waals surface area contributed by atoms with Gasteiger partial charge in [-0.3, -0.25) is 4.79 Å². The molecule has 1 aromatic carbocycles. The Morgan fingerprint density at radius 1 is 1.46 bits per heavy atom. The first-order valence-electron chi connectivity index (χ1n) is 4.01. The summed E-state index contributed by atoms with van der Waals surface area (Å²) < 4.78 is 0. The molecule has 1 unspecified atom stereocenters. The SMILES string of the molecule is CN1C(=O)c2ccccc2C1C#N. The van der Waals surface area contributed by atoms with Gasteiger partial charge in [-0.25, -0.2) is 0 Å². The van der Waals surface area contributed by atoms with Crippen molar-refractivity contribution >= 4 is 5.91 Å². The van der Waals surface area contributed by atoms with Gasteiger partial charge in [0.1, 0.15) is 6.04 Å². The summed E-state index contributed by atoms with van der Waals surface area (Å²) in [7, 11) is 1.65. The van der Waals surface area contributed by atoms with Gasteiger partial charge in [-0.05, 0) is 6.07 Å². The minimum absolute atomic E-state index is 0.0675. The van der Waals surface area contributed by atoms with E-state index < -0.39 is 6.04 Å². The molecule has 0 saturated carbocycles. The van der Waals surface area contributed by atoms with E-state index in [2.05, 4.69) is 6.07 Å². The summed E-state index contributed by atoms with van der Waals surface area (Å²) in [4.78, 5) is 13.0. The van der Waals surface area contributed by atoms with Gasteiger partial charge in [0.05, 0.1) is 6.07 Å². The van der Waals surface area contributed by atoms with Crippen LogP contribution >= 0.6 is 0 Å². The topological polar surface area (TPSA) is 44.1 Å². The van der Waals surface area contributed by atoms with Gasteiger partial charge in [0.25, 0.3) is 5.91 Å². The maximum atomic E-state index is 11.5. The molecular weight excluding hydrogens is 164 g/mol. The second-order valence-electron chi connectivity index (χ2n) is 3.03. The molecule has 0 radical (unpaired) electrons. The van der Waals surface area contributed by atoms with Crippen LogP contribution in [0.3, 0.4) is 0 Å². The number of carbonyl (C=O) groups is 1. The van der Waals surface area contributed by atoms with Crippen LogP contribution in [0.1, 0.15) is 22.0 Å². The summed E-state index contributed by atoms with van der Waals surface area (Å²) in [6.45, 7) is 0. The molecule has 3 heteroatoms. The van der Waals surface area contributed by atoms with Crippen molar-refractivity contribution in [3.63, 3.8) is 0 Å². The monoisotopic (exact) mass is 172 g/mol. The highest BCUT2D eigenvalue weighted by atomic mass is 16.2. The number of hydrogen-bond donors (Lipinski definition) is 0. The van der Waals surface area contributed by atoms with Gasteiger partial charge < -0.3 is 4.90 Å². The molecule has 64 valence electrons. The fourth-order valence-electron chi connectivity index (χ4n) is 1.60. The Morgan fingerprint density at radius 3 is 2.85 bits per heavy atom. The number of benzene rings is 1. The van der Waals surface area contributed by atoms with Crippen molar-refractivity contribution in [1.29, 1.82) is 5.26 Å². The fraction of sp³-hybridized carbons (Fsp3) is 0.200. The third-order valence-electron chi connectivity index (χ3n) is 2.32. The normalized spacial score (nSPS) is 19.8. The molecule has 0 N–H and O–H groups in total. The van der Waals surface area contributed by atoms with E-state index in [1.165, 1.54) is 4.90 Å². The van der Waals surface area contributed by atoms with Crippen LogP contribution in [-0.2, 0) is 0 Å². The van der Waals surface area contributed by atoms with Crippen LogP contribution in [0.15, 0.2) is 24.3 Å². The number of fused-ring (bicyclic) bond motifs is 1. The van der Waals surface area contributed by atoms with Gasteiger partial charge in [0.2, 0.25) is 0 Å². The number of nitriles is 1. The lowest BCUT2D eigenvalue weighted by Gasteiger charge is -2.11. The highest BCUT2D eigenvalue weighted by Crippen LogP contribution is 2.30. The second kappa shape index (κ2) is 2.60. The van der Waals surface area contributed by atoms with Crippen molar-refractivity contribution in [2.24, 2.45) is 0 Å². The molecule has 1 aliphatic heterocycles. The van der Waals surface area contributed by atoms with E-state index in [1.807, 2.05) is 18.2 Å². The Bertz CT molecular complexity index is 406. The quantitative estimate of drug-likeness (QED) is 0.592. The molecule has 0 spiro atoms. The van der Waals surface area contributed by atoms with E-state index in [1.54, 1.807) is 13.1 Å². The minimum atomic E-state index is -0.413. The number of carbonyl (C=O) groups excluding carboxylic acids is 1. The number of rotatable bonds is 0. The predicted octanol–water partition coefficient (Wildman–Crippen LogP) is 1.34. The van der Waals surface area contributed by atoms with Crippen LogP contribution in [0.2, 0.25) is 0 Å². The van der Waals surface area contributed by atoms with Crippen molar-refractivity contribution in [3.05, 3.63) is 35.4 Å². The van der Waals surface area contributed by atoms with E-state index in [9.17, 15) is 4.79 Å². The lowest BCUT2D eigenvalue weighted by atomic mass is 10.1. The molecule has 0 bridgehead atoms. The van der Waals surface area contributed by atoms with E-state index in [0.717, 1.165) is 5.56 Å².